The van der Waals surface area contributed by atoms with Crippen LogP contribution in [-0.2, 0) is 4.74 Å². The van der Waals surface area contributed by atoms with Crippen molar-refractivity contribution in [3.05, 3.63) is 0 Å². The van der Waals surface area contributed by atoms with E-state index in [1.165, 1.54) is 83.5 Å². The molecule has 0 rings (SSSR count). The van der Waals surface area contributed by atoms with E-state index in [2.05, 4.69) is 6.92 Å². The quantitative estimate of drug-likeness (QED) is 0.278. The van der Waals surface area contributed by atoms with Gasteiger partial charge in [-0.1, -0.05) is 97.3 Å². The largest absolute Gasteiger partial charge is 0.390 e. The van der Waals surface area contributed by atoms with Crippen LogP contribution in [0.1, 0.15) is 117 Å². The van der Waals surface area contributed by atoms with Crippen LogP contribution in [0, 0.1) is 0 Å². The highest BCUT2D eigenvalue weighted by atomic mass is 16.5. The maximum absolute atomic E-state index is 10.0. The summed E-state index contributed by atoms with van der Waals surface area (Å²) in [5, 5.41) is 19.7. The predicted molar refractivity (Wildman–Crippen MR) is 108 cm³/mol. The van der Waals surface area contributed by atoms with Crippen molar-refractivity contribution in [1.29, 1.82) is 0 Å². The first-order valence-electron chi connectivity index (χ1n) is 11.0. The molecule has 2 atom stereocenters. The summed E-state index contributed by atoms with van der Waals surface area (Å²) in [6.45, 7) is 6.70. The molecule has 0 spiro atoms. The van der Waals surface area contributed by atoms with Crippen LogP contribution in [0.3, 0.4) is 0 Å². The molecule has 2 N–H and O–H groups in total. The Morgan fingerprint density at radius 1 is 0.720 bits per heavy atom. The van der Waals surface area contributed by atoms with Gasteiger partial charge >= 0.3 is 0 Å². The van der Waals surface area contributed by atoms with Crippen molar-refractivity contribution in [3.8, 4) is 0 Å². The van der Waals surface area contributed by atoms with Gasteiger partial charge in [-0.05, 0) is 19.8 Å². The van der Waals surface area contributed by atoms with E-state index in [4.69, 9.17) is 4.74 Å². The molecule has 0 aliphatic carbocycles. The van der Waals surface area contributed by atoms with Gasteiger partial charge in [0, 0.05) is 6.61 Å². The Bertz CT molecular complexity index is 266. The van der Waals surface area contributed by atoms with E-state index in [0.717, 1.165) is 6.42 Å². The fourth-order valence-electron chi connectivity index (χ4n) is 3.21. The maximum Gasteiger partial charge on any atom is 0.111 e. The Kier molecular flexibility index (Phi) is 17.2. The number of ether oxygens (including phenoxy) is 1. The molecular weight excluding hydrogens is 312 g/mol. The lowest BCUT2D eigenvalue weighted by molar-refractivity contribution is -0.110. The first-order chi connectivity index (χ1) is 12.0. The molecule has 0 amide bonds. The monoisotopic (exact) mass is 358 g/mol. The minimum Gasteiger partial charge on any atom is -0.390 e. The lowest BCUT2D eigenvalue weighted by atomic mass is 9.98. The van der Waals surface area contributed by atoms with Crippen LogP contribution < -0.4 is 0 Å². The molecule has 0 saturated carbocycles. The van der Waals surface area contributed by atoms with Crippen molar-refractivity contribution < 1.29 is 14.9 Å². The van der Waals surface area contributed by atoms with Gasteiger partial charge in [0.05, 0.1) is 12.7 Å². The molecule has 0 radical (unpaired) electrons. The lowest BCUT2D eigenvalue weighted by Gasteiger charge is -2.28. The van der Waals surface area contributed by atoms with Gasteiger partial charge in [0.1, 0.15) is 5.60 Å². The molecule has 25 heavy (non-hydrogen) atoms. The Morgan fingerprint density at radius 3 is 1.52 bits per heavy atom. The van der Waals surface area contributed by atoms with Gasteiger partial charge in [0.2, 0.25) is 0 Å². The normalized spacial score (nSPS) is 15.2. The molecule has 0 aromatic heterocycles. The van der Waals surface area contributed by atoms with Crippen molar-refractivity contribution in [2.75, 3.05) is 13.2 Å². The second-order valence-electron chi connectivity index (χ2n) is 7.93. The van der Waals surface area contributed by atoms with Crippen molar-refractivity contribution in [1.82, 2.24) is 0 Å². The minimum absolute atomic E-state index is 0.223. The zero-order valence-corrected chi connectivity index (χ0v) is 17.4. The second-order valence-corrected chi connectivity index (χ2v) is 7.93. The summed E-state index contributed by atoms with van der Waals surface area (Å²) < 4.78 is 5.52. The Hall–Kier alpha value is -0.120. The SMILES string of the molecule is CCCCCCCCCCCCCCCCOCC(C)(O)C(O)CC. The summed E-state index contributed by atoms with van der Waals surface area (Å²) in [6, 6.07) is 0. The molecule has 2 unspecified atom stereocenters. The lowest BCUT2D eigenvalue weighted by Crippen LogP contribution is -2.43. The van der Waals surface area contributed by atoms with E-state index >= 15 is 0 Å². The van der Waals surface area contributed by atoms with E-state index in [0.29, 0.717) is 13.0 Å². The molecule has 0 fully saturated rings. The van der Waals surface area contributed by atoms with Gasteiger partial charge in [-0.2, -0.15) is 0 Å². The smallest absolute Gasteiger partial charge is 0.111 e. The Labute approximate surface area is 157 Å². The molecule has 3 heteroatoms. The summed E-state index contributed by atoms with van der Waals surface area (Å²) in [4.78, 5) is 0. The van der Waals surface area contributed by atoms with Crippen molar-refractivity contribution >= 4 is 0 Å². The van der Waals surface area contributed by atoms with Crippen LogP contribution in [0.15, 0.2) is 0 Å². The van der Waals surface area contributed by atoms with Gasteiger partial charge in [-0.3, -0.25) is 0 Å². The molecule has 3 nitrogen and oxygen atoms in total. The number of unbranched alkanes of at least 4 members (excludes halogenated alkanes) is 13. The first kappa shape index (κ1) is 24.9. The molecule has 0 bridgehead atoms. The van der Waals surface area contributed by atoms with Gasteiger partial charge in [0.15, 0.2) is 0 Å². The Balaban J connectivity index is 3.19. The third kappa shape index (κ3) is 15.8. The van der Waals surface area contributed by atoms with E-state index < -0.39 is 11.7 Å². The first-order valence-corrected chi connectivity index (χ1v) is 11.0. The fourth-order valence-corrected chi connectivity index (χ4v) is 3.21. The number of aliphatic hydroxyl groups excluding tert-OH is 1. The maximum atomic E-state index is 10.0. The summed E-state index contributed by atoms with van der Waals surface area (Å²) in [6.07, 6.45) is 18.8. The van der Waals surface area contributed by atoms with Gasteiger partial charge in [-0.15, -0.1) is 0 Å². The number of rotatable bonds is 19. The van der Waals surface area contributed by atoms with Crippen molar-refractivity contribution in [2.24, 2.45) is 0 Å². The van der Waals surface area contributed by atoms with Crippen LogP contribution in [-0.4, -0.2) is 35.1 Å². The highest BCUT2D eigenvalue weighted by molar-refractivity contribution is 4.80. The average Bonchev–Trinajstić information content (AvgIpc) is 2.60. The summed E-state index contributed by atoms with van der Waals surface area (Å²) >= 11 is 0. The highest BCUT2D eigenvalue weighted by Gasteiger charge is 2.28. The standard InChI is InChI=1S/C22H46O3/c1-4-6-7-8-9-10-11-12-13-14-15-16-17-18-19-25-20-22(3,24)21(23)5-2/h21,23-24H,4-20H2,1-3H3. The molecule has 0 aromatic carbocycles. The molecule has 0 aliphatic rings. The third-order valence-electron chi connectivity index (χ3n) is 5.14. The highest BCUT2D eigenvalue weighted by Crippen LogP contribution is 2.15. The number of hydrogen-bond donors (Lipinski definition) is 2. The van der Waals surface area contributed by atoms with Crippen molar-refractivity contribution in [3.63, 3.8) is 0 Å². The second kappa shape index (κ2) is 17.3. The number of aliphatic hydroxyl groups is 2. The van der Waals surface area contributed by atoms with Gasteiger partial charge in [0.25, 0.3) is 0 Å². The topological polar surface area (TPSA) is 49.7 Å². The molecular formula is C22H46O3. The zero-order valence-electron chi connectivity index (χ0n) is 17.4. The van der Waals surface area contributed by atoms with Gasteiger partial charge in [-0.25, -0.2) is 0 Å². The molecule has 0 aliphatic heterocycles. The Morgan fingerprint density at radius 2 is 1.12 bits per heavy atom. The van der Waals surface area contributed by atoms with Crippen LogP contribution in [0.4, 0.5) is 0 Å². The molecule has 0 heterocycles. The van der Waals surface area contributed by atoms with E-state index in [1.807, 2.05) is 6.92 Å². The molecule has 152 valence electrons. The minimum atomic E-state index is -1.12. The molecule has 0 aromatic rings. The molecule has 0 saturated heterocycles. The van der Waals surface area contributed by atoms with Gasteiger partial charge < -0.3 is 14.9 Å². The van der Waals surface area contributed by atoms with Crippen LogP contribution in [0.5, 0.6) is 0 Å². The van der Waals surface area contributed by atoms with Crippen LogP contribution >= 0.6 is 0 Å². The van der Waals surface area contributed by atoms with Crippen LogP contribution in [0.2, 0.25) is 0 Å². The third-order valence-corrected chi connectivity index (χ3v) is 5.14. The summed E-state index contributed by atoms with van der Waals surface area (Å²) in [5.74, 6) is 0. The zero-order chi connectivity index (χ0) is 18.8. The van der Waals surface area contributed by atoms with E-state index in [1.54, 1.807) is 6.92 Å². The average molecular weight is 359 g/mol. The van der Waals surface area contributed by atoms with Crippen LogP contribution in [0.25, 0.3) is 0 Å². The summed E-state index contributed by atoms with van der Waals surface area (Å²) in [7, 11) is 0. The van der Waals surface area contributed by atoms with Crippen molar-refractivity contribution in [2.45, 2.75) is 129 Å². The van der Waals surface area contributed by atoms with E-state index in [-0.39, 0.29) is 6.61 Å². The predicted octanol–water partition coefficient (Wildman–Crippen LogP) is 6.01. The summed E-state index contributed by atoms with van der Waals surface area (Å²) in [5.41, 5.74) is -1.12. The van der Waals surface area contributed by atoms with E-state index in [9.17, 15) is 10.2 Å². The fraction of sp³-hybridized carbons (Fsp3) is 1.00. The number of hydrogen-bond acceptors (Lipinski definition) is 3.